The van der Waals surface area contributed by atoms with Crippen molar-refractivity contribution in [1.82, 2.24) is 5.32 Å². The van der Waals surface area contributed by atoms with E-state index in [2.05, 4.69) is 11.9 Å². The second-order valence-electron chi connectivity index (χ2n) is 4.08. The summed E-state index contributed by atoms with van der Waals surface area (Å²) in [5.41, 5.74) is 0.400. The van der Waals surface area contributed by atoms with Crippen molar-refractivity contribution in [1.29, 1.82) is 0 Å². The highest BCUT2D eigenvalue weighted by molar-refractivity contribution is 5.95. The average Bonchev–Trinajstić information content (AvgIpc) is 2.33. The Kier molecular flexibility index (Phi) is 7.67. The van der Waals surface area contributed by atoms with Crippen molar-refractivity contribution in [3.8, 4) is 0 Å². The summed E-state index contributed by atoms with van der Waals surface area (Å²) >= 11 is 0. The van der Waals surface area contributed by atoms with Gasteiger partial charge in [0.2, 0.25) is 5.91 Å². The number of nitrogens with one attached hydrogen (secondary N) is 1. The van der Waals surface area contributed by atoms with Gasteiger partial charge in [0.05, 0.1) is 6.54 Å². The van der Waals surface area contributed by atoms with Gasteiger partial charge in [-0.3, -0.25) is 14.4 Å². The summed E-state index contributed by atoms with van der Waals surface area (Å²) in [6.07, 6.45) is 0.271. The lowest BCUT2D eigenvalue weighted by molar-refractivity contribution is -0.151. The van der Waals surface area contributed by atoms with Crippen molar-refractivity contribution in [2.24, 2.45) is 0 Å². The molecule has 0 spiro atoms. The van der Waals surface area contributed by atoms with Crippen LogP contribution < -0.4 is 5.32 Å². The van der Waals surface area contributed by atoms with Crippen LogP contribution in [-0.2, 0) is 19.1 Å². The SMILES string of the molecule is C=C(C)C(=O)NCC(CC)OC(=O)CC(=O)CC. The molecule has 0 aromatic carbocycles. The van der Waals surface area contributed by atoms with E-state index in [1.165, 1.54) is 0 Å². The van der Waals surface area contributed by atoms with E-state index in [9.17, 15) is 14.4 Å². The quantitative estimate of drug-likeness (QED) is 0.404. The molecule has 1 amide bonds. The molecule has 0 saturated heterocycles. The maximum absolute atomic E-state index is 11.4. The molecule has 0 aromatic rings. The zero-order chi connectivity index (χ0) is 14.1. The first-order chi connectivity index (χ1) is 8.40. The van der Waals surface area contributed by atoms with E-state index < -0.39 is 12.1 Å². The van der Waals surface area contributed by atoms with Crippen molar-refractivity contribution in [3.05, 3.63) is 12.2 Å². The number of ether oxygens (including phenoxy) is 1. The van der Waals surface area contributed by atoms with Gasteiger partial charge in [0.1, 0.15) is 18.3 Å². The van der Waals surface area contributed by atoms with Crippen LogP contribution in [0.15, 0.2) is 12.2 Å². The Hall–Kier alpha value is -1.65. The van der Waals surface area contributed by atoms with Crippen LogP contribution in [0.4, 0.5) is 0 Å². The normalized spacial score (nSPS) is 11.5. The molecule has 18 heavy (non-hydrogen) atoms. The van der Waals surface area contributed by atoms with Gasteiger partial charge in [-0.1, -0.05) is 20.4 Å². The predicted molar refractivity (Wildman–Crippen MR) is 67.9 cm³/mol. The van der Waals surface area contributed by atoms with Crippen LogP contribution >= 0.6 is 0 Å². The molecule has 0 radical (unpaired) electrons. The van der Waals surface area contributed by atoms with Crippen molar-refractivity contribution in [3.63, 3.8) is 0 Å². The van der Waals surface area contributed by atoms with E-state index in [1.54, 1.807) is 13.8 Å². The van der Waals surface area contributed by atoms with Gasteiger partial charge in [-0.05, 0) is 13.3 Å². The van der Waals surface area contributed by atoms with Gasteiger partial charge in [0, 0.05) is 12.0 Å². The van der Waals surface area contributed by atoms with Crippen LogP contribution in [0, 0.1) is 0 Å². The van der Waals surface area contributed by atoms with Crippen molar-refractivity contribution in [2.45, 2.75) is 46.1 Å². The number of esters is 1. The Bertz CT molecular complexity index is 336. The molecule has 0 aliphatic heterocycles. The zero-order valence-corrected chi connectivity index (χ0v) is 11.2. The first-order valence-corrected chi connectivity index (χ1v) is 6.05. The van der Waals surface area contributed by atoms with Crippen LogP contribution in [-0.4, -0.2) is 30.3 Å². The summed E-state index contributed by atoms with van der Waals surface area (Å²) in [4.78, 5) is 33.7. The minimum absolute atomic E-state index is 0.152. The number of Topliss-reactive ketones (excluding diaryl/α,β-unsaturated/α-hetero) is 1. The largest absolute Gasteiger partial charge is 0.460 e. The fourth-order valence-corrected chi connectivity index (χ4v) is 1.14. The number of ketones is 1. The highest BCUT2D eigenvalue weighted by Gasteiger charge is 2.16. The lowest BCUT2D eigenvalue weighted by Gasteiger charge is -2.16. The Labute approximate surface area is 108 Å². The lowest BCUT2D eigenvalue weighted by atomic mass is 10.2. The maximum atomic E-state index is 11.4. The molecule has 0 fully saturated rings. The molecule has 5 heteroatoms. The van der Waals surface area contributed by atoms with E-state index in [0.29, 0.717) is 18.4 Å². The zero-order valence-electron chi connectivity index (χ0n) is 11.2. The number of carbonyl (C=O) groups excluding carboxylic acids is 3. The fraction of sp³-hybridized carbons (Fsp3) is 0.615. The van der Waals surface area contributed by atoms with E-state index in [4.69, 9.17) is 4.74 Å². The number of carbonyl (C=O) groups is 3. The number of hydrogen-bond donors (Lipinski definition) is 1. The second-order valence-corrected chi connectivity index (χ2v) is 4.08. The standard InChI is InChI=1S/C13H21NO4/c1-5-10(15)7-12(16)18-11(6-2)8-14-13(17)9(3)4/h11H,3,5-8H2,1-2,4H3,(H,14,17). The Morgan fingerprint density at radius 2 is 1.89 bits per heavy atom. The van der Waals surface area contributed by atoms with E-state index >= 15 is 0 Å². The summed E-state index contributed by atoms with van der Waals surface area (Å²) in [5.74, 6) is -0.965. The Morgan fingerprint density at radius 1 is 1.28 bits per heavy atom. The first-order valence-electron chi connectivity index (χ1n) is 6.05. The smallest absolute Gasteiger partial charge is 0.313 e. The molecule has 0 aliphatic carbocycles. The summed E-state index contributed by atoms with van der Waals surface area (Å²) in [6, 6.07) is 0. The molecule has 0 heterocycles. The van der Waals surface area contributed by atoms with Crippen LogP contribution in [0.2, 0.25) is 0 Å². The molecular formula is C13H21NO4. The molecule has 5 nitrogen and oxygen atoms in total. The third-order valence-corrected chi connectivity index (χ3v) is 2.37. The molecule has 1 unspecified atom stereocenters. The van der Waals surface area contributed by atoms with Gasteiger partial charge >= 0.3 is 5.97 Å². The monoisotopic (exact) mass is 255 g/mol. The van der Waals surface area contributed by atoms with Crippen LogP contribution in [0.25, 0.3) is 0 Å². The highest BCUT2D eigenvalue weighted by atomic mass is 16.5. The third-order valence-electron chi connectivity index (χ3n) is 2.37. The molecule has 0 saturated carbocycles. The molecular weight excluding hydrogens is 234 g/mol. The van der Waals surface area contributed by atoms with Crippen LogP contribution in [0.3, 0.4) is 0 Å². The molecule has 102 valence electrons. The van der Waals surface area contributed by atoms with Gasteiger partial charge in [-0.25, -0.2) is 0 Å². The average molecular weight is 255 g/mol. The summed E-state index contributed by atoms with van der Waals surface area (Å²) < 4.78 is 5.10. The molecule has 1 N–H and O–H groups in total. The minimum atomic E-state index is -0.543. The Balaban J connectivity index is 4.11. The van der Waals surface area contributed by atoms with E-state index in [0.717, 1.165) is 0 Å². The minimum Gasteiger partial charge on any atom is -0.460 e. The van der Waals surface area contributed by atoms with Crippen molar-refractivity contribution < 1.29 is 19.1 Å². The number of rotatable bonds is 8. The molecule has 0 aliphatic rings. The van der Waals surface area contributed by atoms with Crippen molar-refractivity contribution in [2.75, 3.05) is 6.54 Å². The number of amides is 1. The molecule has 0 rings (SSSR count). The maximum Gasteiger partial charge on any atom is 0.313 e. The topological polar surface area (TPSA) is 72.5 Å². The van der Waals surface area contributed by atoms with Gasteiger partial charge in [-0.15, -0.1) is 0 Å². The summed E-state index contributed by atoms with van der Waals surface area (Å²) in [5, 5.41) is 2.61. The van der Waals surface area contributed by atoms with E-state index in [-0.39, 0.29) is 24.7 Å². The summed E-state index contributed by atoms with van der Waals surface area (Å²) in [7, 11) is 0. The molecule has 0 aromatic heterocycles. The third kappa shape index (κ3) is 6.83. The predicted octanol–water partition coefficient (Wildman–Crippen LogP) is 1.37. The first kappa shape index (κ1) is 16.4. The molecule has 0 bridgehead atoms. The molecule has 1 atom stereocenters. The Morgan fingerprint density at radius 3 is 2.33 bits per heavy atom. The van der Waals surface area contributed by atoms with Crippen LogP contribution in [0.1, 0.15) is 40.0 Å². The van der Waals surface area contributed by atoms with Gasteiger partial charge in [-0.2, -0.15) is 0 Å². The second kappa shape index (κ2) is 8.44. The number of hydrogen-bond acceptors (Lipinski definition) is 4. The highest BCUT2D eigenvalue weighted by Crippen LogP contribution is 2.01. The summed E-state index contributed by atoms with van der Waals surface area (Å²) in [6.45, 7) is 8.87. The lowest BCUT2D eigenvalue weighted by Crippen LogP contribution is -2.35. The van der Waals surface area contributed by atoms with Gasteiger partial charge < -0.3 is 10.1 Å². The van der Waals surface area contributed by atoms with E-state index in [1.807, 2.05) is 6.92 Å². The van der Waals surface area contributed by atoms with Gasteiger partial charge in [0.25, 0.3) is 0 Å². The van der Waals surface area contributed by atoms with Crippen molar-refractivity contribution >= 4 is 17.7 Å². The van der Waals surface area contributed by atoms with Gasteiger partial charge in [0.15, 0.2) is 0 Å². The van der Waals surface area contributed by atoms with Crippen LogP contribution in [0.5, 0.6) is 0 Å². The fourth-order valence-electron chi connectivity index (χ4n) is 1.14.